The Labute approximate surface area is 175 Å². The molecule has 0 aliphatic carbocycles. The molecule has 0 saturated carbocycles. The molecular formula is C18H20F3N3O4S2. The fourth-order valence-corrected chi connectivity index (χ4v) is 5.68. The number of hydrogen-bond donors (Lipinski definition) is 1. The lowest BCUT2D eigenvalue weighted by Gasteiger charge is -2.30. The van der Waals surface area contributed by atoms with E-state index in [1.807, 2.05) is 0 Å². The molecule has 12 heteroatoms. The number of ether oxygens (including phenoxy) is 1. The molecule has 2 aromatic heterocycles. The molecule has 1 fully saturated rings. The lowest BCUT2D eigenvalue weighted by Crippen LogP contribution is -2.42. The van der Waals surface area contributed by atoms with Crippen LogP contribution in [0.1, 0.15) is 18.4 Å². The molecule has 1 amide bonds. The van der Waals surface area contributed by atoms with Crippen molar-refractivity contribution < 1.29 is 31.1 Å². The summed E-state index contributed by atoms with van der Waals surface area (Å²) in [5.41, 5.74) is 0.327. The summed E-state index contributed by atoms with van der Waals surface area (Å²) in [6.07, 6.45) is -2.46. The number of rotatable bonds is 7. The van der Waals surface area contributed by atoms with Gasteiger partial charge in [0.15, 0.2) is 6.61 Å². The number of hydrogen-bond acceptors (Lipinski definition) is 6. The van der Waals surface area contributed by atoms with Crippen molar-refractivity contribution in [1.29, 1.82) is 0 Å². The molecule has 1 aliphatic heterocycles. The average Bonchev–Trinajstić information content (AvgIpc) is 3.26. The van der Waals surface area contributed by atoms with Gasteiger partial charge in [-0.1, -0.05) is 12.1 Å². The Balaban J connectivity index is 1.52. The van der Waals surface area contributed by atoms with E-state index in [0.717, 1.165) is 11.3 Å². The molecule has 3 heterocycles. The van der Waals surface area contributed by atoms with Crippen molar-refractivity contribution in [2.24, 2.45) is 5.92 Å². The smallest absolute Gasteiger partial charge is 0.422 e. The third-order valence-corrected chi connectivity index (χ3v) is 7.86. The van der Waals surface area contributed by atoms with Gasteiger partial charge in [0.25, 0.3) is 10.0 Å². The van der Waals surface area contributed by atoms with Crippen LogP contribution >= 0.6 is 11.3 Å². The van der Waals surface area contributed by atoms with Gasteiger partial charge in [0.2, 0.25) is 11.8 Å². The molecular weight excluding hydrogens is 443 g/mol. The van der Waals surface area contributed by atoms with E-state index in [1.54, 1.807) is 17.5 Å². The van der Waals surface area contributed by atoms with Crippen molar-refractivity contribution in [1.82, 2.24) is 14.6 Å². The standard InChI is InChI=1S/C18H20F3N3O4S2/c19-18(20,21)12-28-17-14(3-1-7-22-17)11-23-16(25)13-5-8-24(9-6-13)30(26,27)15-4-2-10-29-15/h1-4,7,10,13H,5-6,8-9,11-12H2,(H,23,25). The van der Waals surface area contributed by atoms with Crippen molar-refractivity contribution in [3.63, 3.8) is 0 Å². The van der Waals surface area contributed by atoms with Gasteiger partial charge in [-0.05, 0) is 30.4 Å². The molecule has 0 atom stereocenters. The maximum absolute atomic E-state index is 12.5. The lowest BCUT2D eigenvalue weighted by molar-refractivity contribution is -0.154. The average molecular weight is 464 g/mol. The van der Waals surface area contributed by atoms with Crippen LogP contribution in [0.15, 0.2) is 40.1 Å². The van der Waals surface area contributed by atoms with Gasteiger partial charge in [-0.25, -0.2) is 13.4 Å². The molecule has 30 heavy (non-hydrogen) atoms. The summed E-state index contributed by atoms with van der Waals surface area (Å²) in [5.74, 6) is -0.850. The molecule has 1 aliphatic rings. The summed E-state index contributed by atoms with van der Waals surface area (Å²) in [7, 11) is -3.54. The van der Waals surface area contributed by atoms with E-state index >= 15 is 0 Å². The number of nitrogens with one attached hydrogen (secondary N) is 1. The second kappa shape index (κ2) is 9.31. The highest BCUT2D eigenvalue weighted by Gasteiger charge is 2.33. The first kappa shape index (κ1) is 22.5. The number of alkyl halides is 3. The summed E-state index contributed by atoms with van der Waals surface area (Å²) >= 11 is 1.15. The van der Waals surface area contributed by atoms with Crippen LogP contribution in [0, 0.1) is 5.92 Å². The number of pyridine rings is 1. The largest absolute Gasteiger partial charge is 0.468 e. The minimum Gasteiger partial charge on any atom is -0.468 e. The lowest BCUT2D eigenvalue weighted by atomic mass is 9.97. The van der Waals surface area contributed by atoms with Crippen molar-refractivity contribution in [2.75, 3.05) is 19.7 Å². The first-order chi connectivity index (χ1) is 14.2. The van der Waals surface area contributed by atoms with Crippen molar-refractivity contribution in [2.45, 2.75) is 29.8 Å². The number of amides is 1. The Morgan fingerprint density at radius 2 is 2.00 bits per heavy atom. The molecule has 0 radical (unpaired) electrons. The van der Waals surface area contributed by atoms with Crippen LogP contribution in [0.25, 0.3) is 0 Å². The van der Waals surface area contributed by atoms with Crippen molar-refractivity contribution in [3.05, 3.63) is 41.4 Å². The summed E-state index contributed by atoms with van der Waals surface area (Å²) in [6.45, 7) is -1.05. The summed E-state index contributed by atoms with van der Waals surface area (Å²) in [6, 6.07) is 6.28. The number of halogens is 3. The minimum atomic E-state index is -4.49. The van der Waals surface area contributed by atoms with Gasteiger partial charge in [-0.3, -0.25) is 4.79 Å². The van der Waals surface area contributed by atoms with E-state index < -0.39 is 22.8 Å². The number of piperidine rings is 1. The third-order valence-electron chi connectivity index (χ3n) is 4.59. The van der Waals surface area contributed by atoms with Gasteiger partial charge in [0.05, 0.1) is 0 Å². The highest BCUT2D eigenvalue weighted by atomic mass is 32.2. The number of carbonyl (C=O) groups is 1. The van der Waals surface area contributed by atoms with Crippen LogP contribution in [0.3, 0.4) is 0 Å². The van der Waals surface area contributed by atoms with Gasteiger partial charge in [0, 0.05) is 37.3 Å². The van der Waals surface area contributed by atoms with Crippen molar-refractivity contribution >= 4 is 27.3 Å². The van der Waals surface area contributed by atoms with Crippen LogP contribution < -0.4 is 10.1 Å². The SMILES string of the molecule is O=C(NCc1cccnc1OCC(F)(F)F)C1CCN(S(=O)(=O)c2cccs2)CC1. The summed E-state index contributed by atoms with van der Waals surface area (Å²) in [5, 5.41) is 4.37. The quantitative estimate of drug-likeness (QED) is 0.682. The molecule has 3 rings (SSSR count). The first-order valence-electron chi connectivity index (χ1n) is 9.11. The zero-order valence-corrected chi connectivity index (χ0v) is 17.4. The predicted octanol–water partition coefficient (Wildman–Crippen LogP) is 2.80. The van der Waals surface area contributed by atoms with Gasteiger partial charge in [-0.2, -0.15) is 17.5 Å². The molecule has 0 bridgehead atoms. The monoisotopic (exact) mass is 463 g/mol. The highest BCUT2D eigenvalue weighted by molar-refractivity contribution is 7.91. The Kier molecular flexibility index (Phi) is 6.98. The van der Waals surface area contributed by atoms with E-state index in [0.29, 0.717) is 18.4 Å². The van der Waals surface area contributed by atoms with Gasteiger partial charge >= 0.3 is 6.18 Å². The predicted molar refractivity (Wildman–Crippen MR) is 103 cm³/mol. The van der Waals surface area contributed by atoms with Crippen LogP contribution in [-0.2, 0) is 21.4 Å². The first-order valence-corrected chi connectivity index (χ1v) is 11.4. The normalized spacial score (nSPS) is 16.4. The van der Waals surface area contributed by atoms with E-state index in [9.17, 15) is 26.4 Å². The highest BCUT2D eigenvalue weighted by Crippen LogP contribution is 2.26. The molecule has 0 aromatic carbocycles. The fraction of sp³-hybridized carbons (Fsp3) is 0.444. The molecule has 1 N–H and O–H groups in total. The Bertz CT molecular complexity index is 957. The topological polar surface area (TPSA) is 88.6 Å². The second-order valence-electron chi connectivity index (χ2n) is 6.70. The van der Waals surface area contributed by atoms with Crippen LogP contribution in [0.5, 0.6) is 5.88 Å². The zero-order chi connectivity index (χ0) is 21.8. The Hall–Kier alpha value is -2.18. The Morgan fingerprint density at radius 3 is 2.63 bits per heavy atom. The number of nitrogens with zero attached hydrogens (tertiary/aromatic N) is 2. The Morgan fingerprint density at radius 1 is 1.27 bits per heavy atom. The third kappa shape index (κ3) is 5.70. The second-order valence-corrected chi connectivity index (χ2v) is 9.81. The van der Waals surface area contributed by atoms with Gasteiger partial charge < -0.3 is 10.1 Å². The maximum atomic E-state index is 12.5. The van der Waals surface area contributed by atoms with Crippen LogP contribution in [0.4, 0.5) is 13.2 Å². The van der Waals surface area contributed by atoms with E-state index in [2.05, 4.69) is 10.3 Å². The summed E-state index contributed by atoms with van der Waals surface area (Å²) in [4.78, 5) is 16.3. The van der Waals surface area contributed by atoms with Crippen LogP contribution in [-0.4, -0.2) is 49.5 Å². The van der Waals surface area contributed by atoms with Gasteiger partial charge in [0.1, 0.15) is 4.21 Å². The fourth-order valence-electron chi connectivity index (χ4n) is 3.06. The van der Waals surface area contributed by atoms with E-state index in [4.69, 9.17) is 4.74 Å². The summed E-state index contributed by atoms with van der Waals surface area (Å²) < 4.78 is 68.5. The maximum Gasteiger partial charge on any atom is 0.422 e. The molecule has 1 saturated heterocycles. The van der Waals surface area contributed by atoms with Gasteiger partial charge in [-0.15, -0.1) is 11.3 Å². The molecule has 7 nitrogen and oxygen atoms in total. The van der Waals surface area contributed by atoms with Crippen molar-refractivity contribution in [3.8, 4) is 5.88 Å². The van der Waals surface area contributed by atoms with E-state index in [-0.39, 0.29) is 41.5 Å². The number of carbonyl (C=O) groups excluding carboxylic acids is 1. The minimum absolute atomic E-state index is 0.0342. The number of sulfonamides is 1. The number of thiophene rings is 1. The van der Waals surface area contributed by atoms with E-state index in [1.165, 1.54) is 22.6 Å². The molecule has 0 spiro atoms. The zero-order valence-electron chi connectivity index (χ0n) is 15.8. The number of aromatic nitrogens is 1. The molecule has 2 aromatic rings. The van der Waals surface area contributed by atoms with Crippen LogP contribution in [0.2, 0.25) is 0 Å². The molecule has 0 unspecified atom stereocenters. The molecule has 164 valence electrons.